The molecule has 1 N–H and O–H groups in total. The van der Waals surface area contributed by atoms with E-state index in [0.717, 1.165) is 41.9 Å². The number of amides is 1. The summed E-state index contributed by atoms with van der Waals surface area (Å²) in [6.45, 7) is 4.62. The standard InChI is InChI=1S/C17H23N7O2S2/c1-17(2,27)10-24(14-8-7-12-15(19-14)28-11-18-12)16(25)26-9-5-3-4-6-13-20-22-23-21-13/h7-8,11,27H,3-6,9-10H2,1-2H3,(H,20,21,22,23). The van der Waals surface area contributed by atoms with Gasteiger partial charge < -0.3 is 4.74 Å². The molecule has 0 spiro atoms. The molecule has 1 amide bonds. The highest BCUT2D eigenvalue weighted by Crippen LogP contribution is 2.24. The summed E-state index contributed by atoms with van der Waals surface area (Å²) >= 11 is 6.00. The number of thiol groups is 1. The first kappa shape index (κ1) is 20.5. The quantitative estimate of drug-likeness (QED) is 0.403. The molecule has 0 atom stereocenters. The van der Waals surface area contributed by atoms with E-state index in [1.165, 1.54) is 16.2 Å². The topological polar surface area (TPSA) is 110 Å². The Bertz CT molecular complexity index is 892. The van der Waals surface area contributed by atoms with Crippen molar-refractivity contribution in [2.45, 2.75) is 44.3 Å². The minimum Gasteiger partial charge on any atom is -0.449 e. The van der Waals surface area contributed by atoms with Gasteiger partial charge in [-0.05, 0) is 55.7 Å². The fourth-order valence-corrected chi connectivity index (χ4v) is 3.41. The van der Waals surface area contributed by atoms with Gasteiger partial charge in [0, 0.05) is 17.7 Å². The molecule has 0 aliphatic rings. The zero-order valence-corrected chi connectivity index (χ0v) is 17.5. The monoisotopic (exact) mass is 421 g/mol. The van der Waals surface area contributed by atoms with E-state index in [4.69, 9.17) is 4.74 Å². The van der Waals surface area contributed by atoms with Crippen LogP contribution in [0.25, 0.3) is 10.3 Å². The third-order valence-electron chi connectivity index (χ3n) is 3.90. The summed E-state index contributed by atoms with van der Waals surface area (Å²) in [5, 5.41) is 13.7. The van der Waals surface area contributed by atoms with E-state index >= 15 is 0 Å². The number of hydrogen-bond acceptors (Lipinski definition) is 9. The van der Waals surface area contributed by atoms with Crippen LogP contribution in [-0.2, 0) is 11.2 Å². The number of nitrogens with zero attached hydrogens (tertiary/aromatic N) is 6. The molecule has 0 saturated carbocycles. The molecule has 0 aliphatic heterocycles. The predicted molar refractivity (Wildman–Crippen MR) is 111 cm³/mol. The summed E-state index contributed by atoms with van der Waals surface area (Å²) in [5.41, 5.74) is 2.55. The minimum atomic E-state index is -0.419. The lowest BCUT2D eigenvalue weighted by molar-refractivity contribution is 0.150. The molecule has 150 valence electrons. The molecule has 3 rings (SSSR count). The van der Waals surface area contributed by atoms with Crippen LogP contribution in [0.3, 0.4) is 0 Å². The van der Waals surface area contributed by atoms with E-state index in [-0.39, 0.29) is 0 Å². The summed E-state index contributed by atoms with van der Waals surface area (Å²) in [7, 11) is 0. The van der Waals surface area contributed by atoms with Crippen LogP contribution < -0.4 is 4.90 Å². The second-order valence-corrected chi connectivity index (χ2v) is 9.06. The van der Waals surface area contributed by atoms with Gasteiger partial charge in [-0.3, -0.25) is 4.90 Å². The lowest BCUT2D eigenvalue weighted by Crippen LogP contribution is -2.40. The molecule has 3 aromatic rings. The minimum absolute atomic E-state index is 0.347. The van der Waals surface area contributed by atoms with Crippen LogP contribution in [0.5, 0.6) is 0 Å². The van der Waals surface area contributed by atoms with Crippen molar-refractivity contribution in [3.8, 4) is 0 Å². The van der Waals surface area contributed by atoms with Gasteiger partial charge in [0.15, 0.2) is 0 Å². The van der Waals surface area contributed by atoms with Gasteiger partial charge in [0.05, 0.1) is 12.1 Å². The smallest absolute Gasteiger partial charge is 0.415 e. The fraction of sp³-hybridized carbons (Fsp3) is 0.529. The Balaban J connectivity index is 1.54. The van der Waals surface area contributed by atoms with Gasteiger partial charge in [0.1, 0.15) is 22.0 Å². The van der Waals surface area contributed by atoms with Crippen molar-refractivity contribution in [2.75, 3.05) is 18.1 Å². The zero-order valence-electron chi connectivity index (χ0n) is 15.8. The first-order valence-corrected chi connectivity index (χ1v) is 10.3. The van der Waals surface area contributed by atoms with Gasteiger partial charge in [-0.25, -0.2) is 19.9 Å². The van der Waals surface area contributed by atoms with Crippen LogP contribution in [0, 0.1) is 0 Å². The number of pyridine rings is 1. The number of fused-ring (bicyclic) bond motifs is 1. The average Bonchev–Trinajstić information content (AvgIpc) is 3.32. The fourth-order valence-electron chi connectivity index (χ4n) is 2.61. The largest absolute Gasteiger partial charge is 0.449 e. The number of anilines is 1. The van der Waals surface area contributed by atoms with Crippen molar-refractivity contribution < 1.29 is 9.53 Å². The lowest BCUT2D eigenvalue weighted by atomic mass is 10.2. The normalized spacial score (nSPS) is 11.7. The summed E-state index contributed by atoms with van der Waals surface area (Å²) in [6, 6.07) is 3.65. The van der Waals surface area contributed by atoms with Crippen LogP contribution in [-0.4, -0.2) is 54.6 Å². The van der Waals surface area contributed by atoms with Crippen LogP contribution >= 0.6 is 24.0 Å². The van der Waals surface area contributed by atoms with Gasteiger partial charge in [-0.15, -0.1) is 16.4 Å². The number of carbonyl (C=O) groups is 1. The maximum absolute atomic E-state index is 12.7. The molecule has 0 fully saturated rings. The number of aromatic nitrogens is 6. The number of nitrogens with one attached hydrogen (secondary N) is 1. The first-order chi connectivity index (χ1) is 13.4. The zero-order chi connectivity index (χ0) is 20.0. The summed E-state index contributed by atoms with van der Waals surface area (Å²) in [6.07, 6.45) is 2.97. The van der Waals surface area contributed by atoms with Crippen LogP contribution in [0.4, 0.5) is 10.6 Å². The number of aryl methyl sites for hydroxylation is 1. The van der Waals surface area contributed by atoms with Gasteiger partial charge in [0.25, 0.3) is 0 Å². The molecule has 0 unspecified atom stereocenters. The van der Waals surface area contributed by atoms with E-state index in [1.807, 2.05) is 19.9 Å². The van der Waals surface area contributed by atoms with Crippen molar-refractivity contribution in [1.29, 1.82) is 0 Å². The number of unbranched alkanes of at least 4 members (excludes halogenated alkanes) is 2. The molecule has 0 saturated heterocycles. The highest BCUT2D eigenvalue weighted by molar-refractivity contribution is 7.81. The van der Waals surface area contributed by atoms with Gasteiger partial charge >= 0.3 is 6.09 Å². The second-order valence-electron chi connectivity index (χ2n) is 7.02. The number of thiazole rings is 1. The number of tetrazole rings is 1. The summed E-state index contributed by atoms with van der Waals surface area (Å²) in [4.78, 5) is 23.8. The molecule has 11 heteroatoms. The average molecular weight is 422 g/mol. The number of hydrogen-bond donors (Lipinski definition) is 2. The Hall–Kier alpha value is -2.27. The maximum Gasteiger partial charge on any atom is 0.415 e. The number of rotatable bonds is 9. The summed E-state index contributed by atoms with van der Waals surface area (Å²) < 4.78 is 5.09. The third-order valence-corrected chi connectivity index (χ3v) is 4.77. The highest BCUT2D eigenvalue weighted by Gasteiger charge is 2.25. The third kappa shape index (κ3) is 5.86. The number of aromatic amines is 1. The van der Waals surface area contributed by atoms with Crippen molar-refractivity contribution in [3.63, 3.8) is 0 Å². The number of H-pyrrole nitrogens is 1. The Morgan fingerprint density at radius 3 is 2.93 bits per heavy atom. The molecule has 0 aliphatic carbocycles. The maximum atomic E-state index is 12.7. The van der Waals surface area contributed by atoms with E-state index in [0.29, 0.717) is 19.0 Å². The molecule has 9 nitrogen and oxygen atoms in total. The van der Waals surface area contributed by atoms with Crippen LogP contribution in [0.15, 0.2) is 17.6 Å². The molecule has 0 aromatic carbocycles. The first-order valence-electron chi connectivity index (χ1n) is 9.02. The Labute approximate surface area is 172 Å². The van der Waals surface area contributed by atoms with Gasteiger partial charge in [-0.2, -0.15) is 12.6 Å². The molecule has 28 heavy (non-hydrogen) atoms. The van der Waals surface area contributed by atoms with Crippen LogP contribution in [0.2, 0.25) is 0 Å². The van der Waals surface area contributed by atoms with E-state index in [2.05, 4.69) is 43.2 Å². The predicted octanol–water partition coefficient (Wildman–Crippen LogP) is 3.27. The van der Waals surface area contributed by atoms with Crippen molar-refractivity contribution in [3.05, 3.63) is 23.5 Å². The van der Waals surface area contributed by atoms with E-state index in [1.54, 1.807) is 11.6 Å². The second kappa shape index (κ2) is 9.28. The number of carbonyl (C=O) groups excluding carboxylic acids is 1. The van der Waals surface area contributed by atoms with Gasteiger partial charge in [-0.1, -0.05) is 0 Å². The van der Waals surface area contributed by atoms with Crippen molar-refractivity contribution >= 4 is 46.2 Å². The Morgan fingerprint density at radius 1 is 1.32 bits per heavy atom. The summed E-state index contributed by atoms with van der Waals surface area (Å²) in [5.74, 6) is 1.31. The Morgan fingerprint density at radius 2 is 2.18 bits per heavy atom. The molecule has 0 bridgehead atoms. The Kier molecular flexibility index (Phi) is 6.79. The number of ether oxygens (including phenoxy) is 1. The van der Waals surface area contributed by atoms with Crippen molar-refractivity contribution in [1.82, 2.24) is 30.6 Å². The molecule has 3 aromatic heterocycles. The van der Waals surface area contributed by atoms with Crippen molar-refractivity contribution in [2.24, 2.45) is 0 Å². The molecular formula is C17H23N7O2S2. The van der Waals surface area contributed by atoms with E-state index < -0.39 is 10.8 Å². The van der Waals surface area contributed by atoms with Gasteiger partial charge in [0.2, 0.25) is 0 Å². The molecule has 3 heterocycles. The molecule has 0 radical (unpaired) electrons. The molecular weight excluding hydrogens is 398 g/mol. The highest BCUT2D eigenvalue weighted by atomic mass is 32.1. The lowest BCUT2D eigenvalue weighted by Gasteiger charge is -2.28. The SMILES string of the molecule is CC(C)(S)CN(C(=O)OCCCCCc1nnn[nH]1)c1ccc2ncsc2n1. The van der Waals surface area contributed by atoms with Crippen LogP contribution in [0.1, 0.15) is 38.9 Å². The van der Waals surface area contributed by atoms with E-state index in [9.17, 15) is 4.79 Å².